The summed E-state index contributed by atoms with van der Waals surface area (Å²) in [5, 5.41) is 10.4. The van der Waals surface area contributed by atoms with E-state index in [0.717, 1.165) is 12.2 Å². The number of likely N-dealkylation sites (N-methyl/N-ethyl adjacent to an activating group) is 1. The minimum absolute atomic E-state index is 0.346. The van der Waals surface area contributed by atoms with Crippen molar-refractivity contribution in [2.24, 2.45) is 0 Å². The Morgan fingerprint density at radius 2 is 1.92 bits per heavy atom. The van der Waals surface area contributed by atoms with Crippen molar-refractivity contribution in [2.75, 3.05) is 25.1 Å². The van der Waals surface area contributed by atoms with Gasteiger partial charge in [0.25, 0.3) is 0 Å². The highest BCUT2D eigenvalue weighted by Crippen LogP contribution is 2.38. The number of ether oxygens (including phenoxy) is 1. The molecule has 0 unspecified atom stereocenters. The number of fused-ring (bicyclic) bond motifs is 2. The van der Waals surface area contributed by atoms with Crippen LogP contribution in [0.1, 0.15) is 10.6 Å². The first-order chi connectivity index (χ1) is 12.1. The van der Waals surface area contributed by atoms with Gasteiger partial charge in [-0.15, -0.1) is 0 Å². The number of benzene rings is 2. The third-order valence-corrected chi connectivity index (χ3v) is 4.38. The Labute approximate surface area is 142 Å². The topological polar surface area (TPSA) is 80.0 Å². The van der Waals surface area contributed by atoms with Gasteiger partial charge in [-0.25, -0.2) is 9.59 Å². The molecule has 1 N–H and O–H groups in total. The van der Waals surface area contributed by atoms with Crippen molar-refractivity contribution in [1.82, 2.24) is 0 Å². The van der Waals surface area contributed by atoms with Gasteiger partial charge in [-0.3, -0.25) is 0 Å². The zero-order chi connectivity index (χ0) is 17.6. The maximum absolute atomic E-state index is 12.1. The molecule has 3 aromatic rings. The van der Waals surface area contributed by atoms with Crippen LogP contribution >= 0.6 is 0 Å². The van der Waals surface area contributed by atoms with Crippen molar-refractivity contribution < 1.29 is 19.1 Å². The molecule has 0 radical (unpaired) electrons. The molecule has 1 aliphatic heterocycles. The van der Waals surface area contributed by atoms with Crippen LogP contribution in [0.3, 0.4) is 0 Å². The van der Waals surface area contributed by atoms with Gasteiger partial charge >= 0.3 is 11.6 Å². The van der Waals surface area contributed by atoms with E-state index in [0.29, 0.717) is 34.3 Å². The van der Waals surface area contributed by atoms with Crippen LogP contribution in [0.2, 0.25) is 0 Å². The molecule has 2 heterocycles. The van der Waals surface area contributed by atoms with Crippen molar-refractivity contribution in [3.05, 3.63) is 58.6 Å². The summed E-state index contributed by atoms with van der Waals surface area (Å²) in [6, 6.07) is 12.3. The average Bonchev–Trinajstić information content (AvgIpc) is 2.61. The van der Waals surface area contributed by atoms with Crippen LogP contribution in [0, 0.1) is 0 Å². The molecule has 0 fully saturated rings. The zero-order valence-corrected chi connectivity index (χ0v) is 13.5. The predicted octanol–water partition coefficient (Wildman–Crippen LogP) is 2.99. The maximum Gasteiger partial charge on any atom is 0.372 e. The molecule has 0 aliphatic carbocycles. The Hall–Kier alpha value is -3.28. The van der Waals surface area contributed by atoms with Crippen LogP contribution in [0.25, 0.3) is 21.9 Å². The van der Waals surface area contributed by atoms with Gasteiger partial charge < -0.3 is 19.2 Å². The minimum atomic E-state index is -1.28. The van der Waals surface area contributed by atoms with Crippen LogP contribution in [0.5, 0.6) is 5.75 Å². The number of nitrogens with zero attached hydrogens (tertiary/aromatic N) is 1. The van der Waals surface area contributed by atoms with Crippen molar-refractivity contribution in [2.45, 2.75) is 0 Å². The molecule has 0 atom stereocenters. The van der Waals surface area contributed by atoms with Gasteiger partial charge in [-0.05, 0) is 23.8 Å². The standard InChI is InChI=1S/C19H15NO5/c1-20-8-9-24-15-10-11(6-7-14(15)20)16-12-4-2-3-5-13(12)19(23)25-17(16)18(21)22/h2-7,10H,8-9H2,1H3,(H,21,22). The van der Waals surface area contributed by atoms with Crippen molar-refractivity contribution in [3.63, 3.8) is 0 Å². The maximum atomic E-state index is 12.1. The van der Waals surface area contributed by atoms with E-state index in [-0.39, 0.29) is 5.76 Å². The lowest BCUT2D eigenvalue weighted by Gasteiger charge is -2.28. The van der Waals surface area contributed by atoms with Crippen LogP contribution in [0.15, 0.2) is 51.7 Å². The number of hydrogen-bond acceptors (Lipinski definition) is 5. The van der Waals surface area contributed by atoms with Gasteiger partial charge in [-0.1, -0.05) is 24.3 Å². The Morgan fingerprint density at radius 1 is 1.16 bits per heavy atom. The highest BCUT2D eigenvalue weighted by molar-refractivity contribution is 6.05. The molecule has 126 valence electrons. The lowest BCUT2D eigenvalue weighted by molar-refractivity contribution is 0.0659. The fraction of sp³-hybridized carbons (Fsp3) is 0.158. The summed E-state index contributed by atoms with van der Waals surface area (Å²) in [5.74, 6) is -0.973. The van der Waals surface area contributed by atoms with Gasteiger partial charge in [0.2, 0.25) is 5.76 Å². The Bertz CT molecular complexity index is 1050. The number of carboxylic acid groups (broad SMARTS) is 1. The largest absolute Gasteiger partial charge is 0.490 e. The molecule has 0 amide bonds. The first-order valence-electron chi connectivity index (χ1n) is 7.84. The molecular formula is C19H15NO5. The van der Waals surface area contributed by atoms with Crippen molar-refractivity contribution >= 4 is 22.4 Å². The first-order valence-corrected chi connectivity index (χ1v) is 7.84. The summed E-state index contributed by atoms with van der Waals surface area (Å²) in [6.45, 7) is 1.35. The second kappa shape index (κ2) is 5.66. The third-order valence-electron chi connectivity index (χ3n) is 4.38. The predicted molar refractivity (Wildman–Crippen MR) is 93.6 cm³/mol. The van der Waals surface area contributed by atoms with E-state index in [4.69, 9.17) is 9.15 Å². The molecule has 6 heteroatoms. The van der Waals surface area contributed by atoms with Crippen molar-refractivity contribution in [1.29, 1.82) is 0 Å². The monoisotopic (exact) mass is 337 g/mol. The van der Waals surface area contributed by atoms with Gasteiger partial charge in [0.15, 0.2) is 0 Å². The smallest absolute Gasteiger partial charge is 0.372 e. The van der Waals surface area contributed by atoms with E-state index in [9.17, 15) is 14.7 Å². The fourth-order valence-corrected chi connectivity index (χ4v) is 3.15. The number of anilines is 1. The molecular weight excluding hydrogens is 322 g/mol. The first kappa shape index (κ1) is 15.3. The molecule has 4 rings (SSSR count). The fourth-order valence-electron chi connectivity index (χ4n) is 3.15. The average molecular weight is 337 g/mol. The quantitative estimate of drug-likeness (QED) is 0.774. The van der Waals surface area contributed by atoms with Crippen LogP contribution in [-0.2, 0) is 0 Å². The molecule has 0 saturated heterocycles. The number of carboxylic acids is 1. The Morgan fingerprint density at radius 3 is 2.68 bits per heavy atom. The number of rotatable bonds is 2. The summed E-state index contributed by atoms with van der Waals surface area (Å²) in [4.78, 5) is 25.8. The zero-order valence-electron chi connectivity index (χ0n) is 13.5. The van der Waals surface area contributed by atoms with Crippen LogP contribution < -0.4 is 15.3 Å². The number of aromatic carboxylic acids is 1. The molecule has 0 saturated carbocycles. The van der Waals surface area contributed by atoms with E-state index in [1.165, 1.54) is 0 Å². The highest BCUT2D eigenvalue weighted by atomic mass is 16.5. The highest BCUT2D eigenvalue weighted by Gasteiger charge is 2.23. The lowest BCUT2D eigenvalue weighted by Crippen LogP contribution is -2.28. The summed E-state index contributed by atoms with van der Waals surface area (Å²) in [6.07, 6.45) is 0. The van der Waals surface area contributed by atoms with E-state index >= 15 is 0 Å². The second-order valence-electron chi connectivity index (χ2n) is 5.90. The summed E-state index contributed by atoms with van der Waals surface area (Å²) >= 11 is 0. The summed E-state index contributed by atoms with van der Waals surface area (Å²) < 4.78 is 10.8. The van der Waals surface area contributed by atoms with Crippen LogP contribution in [-0.4, -0.2) is 31.3 Å². The van der Waals surface area contributed by atoms with Crippen LogP contribution in [0.4, 0.5) is 5.69 Å². The second-order valence-corrected chi connectivity index (χ2v) is 5.90. The molecule has 25 heavy (non-hydrogen) atoms. The summed E-state index contributed by atoms with van der Waals surface area (Å²) in [7, 11) is 1.97. The molecule has 6 nitrogen and oxygen atoms in total. The SMILES string of the molecule is CN1CCOc2cc(-c3c(C(=O)O)oc(=O)c4ccccc34)ccc21. The normalized spacial score (nSPS) is 13.4. The number of hydrogen-bond donors (Lipinski definition) is 1. The van der Waals surface area contributed by atoms with Gasteiger partial charge in [0.1, 0.15) is 12.4 Å². The van der Waals surface area contributed by atoms with E-state index < -0.39 is 11.6 Å². The molecule has 0 spiro atoms. The molecule has 1 aromatic heterocycles. The van der Waals surface area contributed by atoms with E-state index in [1.54, 1.807) is 30.3 Å². The molecule has 0 bridgehead atoms. The van der Waals surface area contributed by atoms with E-state index in [1.807, 2.05) is 19.2 Å². The molecule has 1 aliphatic rings. The number of carbonyl (C=O) groups is 1. The Balaban J connectivity index is 2.04. The van der Waals surface area contributed by atoms with Crippen molar-refractivity contribution in [3.8, 4) is 16.9 Å². The minimum Gasteiger partial charge on any atom is -0.490 e. The third kappa shape index (κ3) is 2.42. The van der Waals surface area contributed by atoms with E-state index in [2.05, 4.69) is 4.90 Å². The summed E-state index contributed by atoms with van der Waals surface area (Å²) in [5.41, 5.74) is 1.29. The van der Waals surface area contributed by atoms with Gasteiger partial charge in [0, 0.05) is 18.0 Å². The lowest BCUT2D eigenvalue weighted by atomic mass is 9.97. The van der Waals surface area contributed by atoms with Gasteiger partial charge in [-0.2, -0.15) is 0 Å². The van der Waals surface area contributed by atoms with Gasteiger partial charge in [0.05, 0.1) is 17.6 Å². The Kier molecular flexibility index (Phi) is 3.46. The molecule has 2 aromatic carbocycles.